The molecule has 10 rings (SSSR count). The van der Waals surface area contributed by atoms with Crippen LogP contribution in [0.2, 0.25) is 0 Å². The normalized spacial score (nSPS) is 12.5. The third kappa shape index (κ3) is 6.50. The second-order valence-corrected chi connectivity index (χ2v) is 14.4. The van der Waals surface area contributed by atoms with Crippen molar-refractivity contribution in [2.45, 2.75) is 0 Å². The van der Waals surface area contributed by atoms with Crippen molar-refractivity contribution in [2.24, 2.45) is 0 Å². The highest BCUT2D eigenvalue weighted by Crippen LogP contribution is 2.39. The van der Waals surface area contributed by atoms with Crippen LogP contribution in [-0.2, 0) is 0 Å². The molecule has 0 amide bonds. The molecule has 0 atom stereocenters. The van der Waals surface area contributed by atoms with Crippen LogP contribution in [0.4, 0.5) is 0 Å². The molecule has 55 heavy (non-hydrogen) atoms. The summed E-state index contributed by atoms with van der Waals surface area (Å²) in [7, 11) is 0. The van der Waals surface area contributed by atoms with E-state index in [1.54, 1.807) is 11.3 Å². The molecule has 0 bridgehead atoms. The number of rotatable bonds is 7. The van der Waals surface area contributed by atoms with Gasteiger partial charge < -0.3 is 0 Å². The quantitative estimate of drug-likeness (QED) is 0.164. The molecule has 0 saturated heterocycles. The standard InChI is InChI=1S/C51H33N3S/c1-4-11-34(12-5-1)36-19-21-37(22-20-36)38-23-25-39(26-24-38)42-27-29-45-46-32-44(28-30-47(46)55-48(45)33-42)51-53-49(40-15-8-3-9-16-40)52-50(54-51)43-18-10-17-41(31-43)35-13-6-2-7-14-35/h1-33H/i3D,8D,9D,15D,16D. The molecular formula is C51H33N3S. The van der Waals surface area contributed by atoms with Crippen LogP contribution >= 0.6 is 11.3 Å². The largest absolute Gasteiger partial charge is 0.208 e. The molecule has 258 valence electrons. The van der Waals surface area contributed by atoms with Crippen LogP contribution in [0.1, 0.15) is 6.85 Å². The maximum Gasteiger partial charge on any atom is 0.164 e. The van der Waals surface area contributed by atoms with Gasteiger partial charge in [-0.15, -0.1) is 11.3 Å². The predicted molar refractivity (Wildman–Crippen MR) is 231 cm³/mol. The third-order valence-electron chi connectivity index (χ3n) is 9.86. The summed E-state index contributed by atoms with van der Waals surface area (Å²) in [6, 6.07) is 56.2. The SMILES string of the molecule is [2H]c1c([2H])c([2H])c(-c2nc(-c3cccc(-c4ccccc4)c3)nc(-c3ccc4sc5cc(-c6ccc(-c7ccc(-c8ccccc8)cc7)cc6)ccc5c4c3)n2)c([2H])c1[2H]. The van der Waals surface area contributed by atoms with Gasteiger partial charge in [-0.2, -0.15) is 0 Å². The Kier molecular flexibility index (Phi) is 7.06. The van der Waals surface area contributed by atoms with Crippen LogP contribution in [0.15, 0.2) is 200 Å². The van der Waals surface area contributed by atoms with E-state index >= 15 is 0 Å². The minimum absolute atomic E-state index is 0.00671. The smallest absolute Gasteiger partial charge is 0.164 e. The van der Waals surface area contributed by atoms with Crippen molar-refractivity contribution < 1.29 is 6.85 Å². The fourth-order valence-corrected chi connectivity index (χ4v) is 8.14. The van der Waals surface area contributed by atoms with Gasteiger partial charge >= 0.3 is 0 Å². The Balaban J connectivity index is 1.02. The Hall–Kier alpha value is -7.01. The monoisotopic (exact) mass is 724 g/mol. The molecule has 0 unspecified atom stereocenters. The molecule has 0 aliphatic rings. The van der Waals surface area contributed by atoms with Crippen LogP contribution in [0.5, 0.6) is 0 Å². The number of hydrogen-bond donors (Lipinski definition) is 0. The van der Waals surface area contributed by atoms with E-state index in [1.165, 1.54) is 16.7 Å². The van der Waals surface area contributed by atoms with Gasteiger partial charge in [-0.1, -0.05) is 170 Å². The fourth-order valence-electron chi connectivity index (χ4n) is 7.01. The van der Waals surface area contributed by atoms with Crippen molar-refractivity contribution in [3.8, 4) is 78.7 Å². The molecule has 2 aromatic heterocycles. The number of hydrogen-bond acceptors (Lipinski definition) is 4. The van der Waals surface area contributed by atoms with Crippen LogP contribution in [-0.4, -0.2) is 15.0 Å². The minimum Gasteiger partial charge on any atom is -0.208 e. The Labute approximate surface area is 331 Å². The van der Waals surface area contributed by atoms with Gasteiger partial charge in [-0.3, -0.25) is 0 Å². The van der Waals surface area contributed by atoms with Crippen molar-refractivity contribution in [3.05, 3.63) is 200 Å². The Bertz CT molecular complexity index is 3210. The van der Waals surface area contributed by atoms with Crippen LogP contribution in [0.25, 0.3) is 98.8 Å². The molecule has 10 aromatic rings. The van der Waals surface area contributed by atoms with Crippen LogP contribution in [0.3, 0.4) is 0 Å². The van der Waals surface area contributed by atoms with Crippen molar-refractivity contribution >= 4 is 31.5 Å². The lowest BCUT2D eigenvalue weighted by Gasteiger charge is -2.10. The zero-order chi connectivity index (χ0) is 40.9. The average molecular weight is 725 g/mol. The van der Waals surface area contributed by atoms with E-state index in [0.717, 1.165) is 53.6 Å². The van der Waals surface area contributed by atoms with E-state index in [-0.39, 0.29) is 23.5 Å². The minimum atomic E-state index is -0.473. The fraction of sp³-hybridized carbons (Fsp3) is 0. The van der Waals surface area contributed by atoms with Gasteiger partial charge in [0, 0.05) is 36.9 Å². The summed E-state index contributed by atoms with van der Waals surface area (Å²) in [4.78, 5) is 14.5. The summed E-state index contributed by atoms with van der Waals surface area (Å²) >= 11 is 1.72. The summed E-state index contributed by atoms with van der Waals surface area (Å²) in [6.45, 7) is 0. The summed E-state index contributed by atoms with van der Waals surface area (Å²) in [5.74, 6) is 0.668. The highest BCUT2D eigenvalue weighted by molar-refractivity contribution is 7.25. The van der Waals surface area contributed by atoms with Gasteiger partial charge in [0.25, 0.3) is 0 Å². The highest BCUT2D eigenvalue weighted by Gasteiger charge is 2.15. The first-order valence-electron chi connectivity index (χ1n) is 20.5. The van der Waals surface area contributed by atoms with Crippen molar-refractivity contribution in [1.29, 1.82) is 0 Å². The number of aromatic nitrogens is 3. The van der Waals surface area contributed by atoms with Gasteiger partial charge in [0.1, 0.15) is 0 Å². The zero-order valence-corrected chi connectivity index (χ0v) is 30.2. The van der Waals surface area contributed by atoms with Gasteiger partial charge in [0.05, 0.1) is 6.85 Å². The van der Waals surface area contributed by atoms with E-state index in [9.17, 15) is 0 Å². The molecule has 2 heterocycles. The maximum atomic E-state index is 8.74. The summed E-state index contributed by atoms with van der Waals surface area (Å²) in [5, 5.41) is 2.15. The number of benzene rings is 8. The van der Waals surface area contributed by atoms with Gasteiger partial charge in [-0.05, 0) is 74.8 Å². The summed E-state index contributed by atoms with van der Waals surface area (Å²) in [5.41, 5.74) is 10.3. The lowest BCUT2D eigenvalue weighted by molar-refractivity contribution is 1.07. The average Bonchev–Trinajstić information content (AvgIpc) is 3.68. The second kappa shape index (κ2) is 14.1. The predicted octanol–water partition coefficient (Wildman–Crippen LogP) is 13.9. The first-order chi connectivity index (χ1) is 29.3. The summed E-state index contributed by atoms with van der Waals surface area (Å²) < 4.78 is 44.6. The molecule has 0 spiro atoms. The van der Waals surface area contributed by atoms with E-state index in [2.05, 4.69) is 103 Å². The lowest BCUT2D eigenvalue weighted by Crippen LogP contribution is -2.00. The Morgan fingerprint density at radius 3 is 1.36 bits per heavy atom. The molecule has 0 saturated carbocycles. The molecule has 0 aliphatic heterocycles. The summed E-state index contributed by atoms with van der Waals surface area (Å²) in [6.07, 6.45) is 0. The number of thiophene rings is 1. The van der Waals surface area contributed by atoms with Crippen molar-refractivity contribution in [1.82, 2.24) is 15.0 Å². The molecular weight excluding hydrogens is 687 g/mol. The van der Waals surface area contributed by atoms with Gasteiger partial charge in [0.2, 0.25) is 0 Å². The van der Waals surface area contributed by atoms with Crippen LogP contribution in [0, 0.1) is 0 Å². The molecule has 0 N–H and O–H groups in total. The number of nitrogens with zero attached hydrogens (tertiary/aromatic N) is 3. The van der Waals surface area contributed by atoms with Gasteiger partial charge in [-0.25, -0.2) is 15.0 Å². The van der Waals surface area contributed by atoms with E-state index in [1.807, 2.05) is 66.7 Å². The van der Waals surface area contributed by atoms with E-state index in [0.29, 0.717) is 17.2 Å². The molecule has 0 fully saturated rings. The Morgan fingerprint density at radius 1 is 0.309 bits per heavy atom. The van der Waals surface area contributed by atoms with Crippen molar-refractivity contribution in [3.63, 3.8) is 0 Å². The van der Waals surface area contributed by atoms with Crippen LogP contribution < -0.4 is 0 Å². The number of fused-ring (bicyclic) bond motifs is 3. The first kappa shape index (κ1) is 27.6. The Morgan fingerprint density at radius 2 is 0.745 bits per heavy atom. The lowest BCUT2D eigenvalue weighted by atomic mass is 9.97. The zero-order valence-electron chi connectivity index (χ0n) is 34.4. The van der Waals surface area contributed by atoms with Crippen molar-refractivity contribution in [2.75, 3.05) is 0 Å². The second-order valence-electron chi connectivity index (χ2n) is 13.3. The maximum absolute atomic E-state index is 8.74. The molecule has 8 aromatic carbocycles. The topological polar surface area (TPSA) is 38.7 Å². The first-order valence-corrected chi connectivity index (χ1v) is 18.8. The molecule has 0 radical (unpaired) electrons. The molecule has 4 heteroatoms. The van der Waals surface area contributed by atoms with E-state index in [4.69, 9.17) is 21.8 Å². The van der Waals surface area contributed by atoms with E-state index < -0.39 is 18.1 Å². The highest BCUT2D eigenvalue weighted by atomic mass is 32.1. The third-order valence-corrected chi connectivity index (χ3v) is 11.0. The molecule has 0 aliphatic carbocycles. The molecule has 3 nitrogen and oxygen atoms in total. The van der Waals surface area contributed by atoms with Gasteiger partial charge in [0.15, 0.2) is 17.5 Å².